The number of sulfonamides is 1. The minimum absolute atomic E-state index is 0.106. The lowest BCUT2D eigenvalue weighted by Gasteiger charge is -2.27. The van der Waals surface area contributed by atoms with E-state index in [9.17, 15) is 22.0 Å². The quantitative estimate of drug-likeness (QED) is 0.258. The van der Waals surface area contributed by atoms with Crippen LogP contribution < -0.4 is 10.6 Å². The van der Waals surface area contributed by atoms with Crippen LogP contribution in [0.1, 0.15) is 32.4 Å². The van der Waals surface area contributed by atoms with E-state index in [1.807, 2.05) is 6.08 Å². The van der Waals surface area contributed by atoms with Crippen molar-refractivity contribution in [3.63, 3.8) is 0 Å². The predicted molar refractivity (Wildman–Crippen MR) is 146 cm³/mol. The molecule has 2 aromatic carbocycles. The minimum atomic E-state index is -4.02. The lowest BCUT2D eigenvalue weighted by molar-refractivity contribution is 0.0404. The van der Waals surface area contributed by atoms with Crippen molar-refractivity contribution in [3.8, 4) is 0 Å². The molecule has 1 unspecified atom stereocenters. The van der Waals surface area contributed by atoms with Crippen LogP contribution in [-0.4, -0.2) is 77.0 Å². The Morgan fingerprint density at radius 1 is 0.975 bits per heavy atom. The zero-order valence-corrected chi connectivity index (χ0v) is 23.8. The second-order valence-electron chi connectivity index (χ2n) is 10.1. The van der Waals surface area contributed by atoms with Crippen LogP contribution in [0.4, 0.5) is 13.6 Å². The number of nitrogens with zero attached hydrogens (tertiary/aromatic N) is 1. The van der Waals surface area contributed by atoms with Crippen LogP contribution in [-0.2, 0) is 24.2 Å². The fourth-order valence-electron chi connectivity index (χ4n) is 4.04. The van der Waals surface area contributed by atoms with E-state index >= 15 is 0 Å². The number of ether oxygens (including phenoxy) is 3. The third-order valence-corrected chi connectivity index (χ3v) is 7.63. The van der Waals surface area contributed by atoms with Crippen molar-refractivity contribution in [2.24, 2.45) is 0 Å². The molecule has 1 heterocycles. The highest BCUT2D eigenvalue weighted by atomic mass is 32.2. The van der Waals surface area contributed by atoms with Crippen LogP contribution in [0, 0.1) is 11.6 Å². The summed E-state index contributed by atoms with van der Waals surface area (Å²) >= 11 is 0. The van der Waals surface area contributed by atoms with E-state index in [4.69, 9.17) is 14.2 Å². The van der Waals surface area contributed by atoms with Gasteiger partial charge in [0.2, 0.25) is 10.0 Å². The Morgan fingerprint density at radius 2 is 1.65 bits per heavy atom. The standard InChI is InChI=1S/C28H37F2N3O6S/c1-28(2,3)39-27(34)32-13-16-38-18-17-37-15-12-31-20-22-11-14-33(26(22)21-7-9-23(29)10-8-21)40(35,36)25-6-4-5-24(30)19-25/h4-11,19,26,31H,12-18,20H2,1-3H3,(H,32,34). The van der Waals surface area contributed by atoms with Gasteiger partial charge in [-0.1, -0.05) is 24.3 Å². The van der Waals surface area contributed by atoms with Gasteiger partial charge in [0.25, 0.3) is 0 Å². The first-order valence-corrected chi connectivity index (χ1v) is 14.5. The minimum Gasteiger partial charge on any atom is -0.444 e. The zero-order chi connectivity index (χ0) is 29.2. The molecule has 1 aliphatic heterocycles. The molecule has 1 atom stereocenters. The summed E-state index contributed by atoms with van der Waals surface area (Å²) in [7, 11) is -4.02. The molecule has 220 valence electrons. The van der Waals surface area contributed by atoms with E-state index in [1.54, 1.807) is 32.9 Å². The molecule has 0 fully saturated rings. The normalized spacial score (nSPS) is 16.1. The first kappa shape index (κ1) is 31.6. The average Bonchev–Trinajstić information content (AvgIpc) is 3.31. The van der Waals surface area contributed by atoms with Crippen molar-refractivity contribution >= 4 is 16.1 Å². The number of amides is 1. The number of carbonyl (C=O) groups is 1. The van der Waals surface area contributed by atoms with Gasteiger partial charge in [0, 0.05) is 26.2 Å². The number of nitrogens with one attached hydrogen (secondary N) is 2. The number of rotatable bonds is 14. The van der Waals surface area contributed by atoms with Gasteiger partial charge in [0.1, 0.15) is 17.2 Å². The van der Waals surface area contributed by atoms with Crippen molar-refractivity contribution in [1.29, 1.82) is 0 Å². The number of halogens is 2. The Labute approximate surface area is 234 Å². The van der Waals surface area contributed by atoms with Crippen LogP contribution in [0.15, 0.2) is 65.1 Å². The van der Waals surface area contributed by atoms with Gasteiger partial charge in [-0.2, -0.15) is 4.31 Å². The number of benzene rings is 2. The number of hydrogen-bond donors (Lipinski definition) is 2. The van der Waals surface area contributed by atoms with E-state index < -0.39 is 39.4 Å². The van der Waals surface area contributed by atoms with E-state index in [1.165, 1.54) is 34.6 Å². The largest absolute Gasteiger partial charge is 0.444 e. The molecule has 40 heavy (non-hydrogen) atoms. The molecule has 0 bridgehead atoms. The number of carbonyl (C=O) groups excluding carboxylic acids is 1. The summed E-state index contributed by atoms with van der Waals surface area (Å²) in [4.78, 5) is 11.4. The highest BCUT2D eigenvalue weighted by Crippen LogP contribution is 2.37. The third kappa shape index (κ3) is 9.63. The molecule has 0 saturated heterocycles. The maximum atomic E-state index is 13.8. The maximum absolute atomic E-state index is 13.8. The smallest absolute Gasteiger partial charge is 0.407 e. The van der Waals surface area contributed by atoms with Crippen molar-refractivity contribution in [3.05, 3.63) is 77.4 Å². The summed E-state index contributed by atoms with van der Waals surface area (Å²) in [6, 6.07) is 9.91. The molecule has 1 amide bonds. The zero-order valence-electron chi connectivity index (χ0n) is 23.0. The molecule has 12 heteroatoms. The summed E-state index contributed by atoms with van der Waals surface area (Å²) in [5.74, 6) is -1.07. The second kappa shape index (κ2) is 14.6. The Morgan fingerprint density at radius 3 is 2.30 bits per heavy atom. The van der Waals surface area contributed by atoms with Crippen LogP contribution in [0.2, 0.25) is 0 Å². The lowest BCUT2D eigenvalue weighted by atomic mass is 10.0. The number of alkyl carbamates (subject to hydrolysis) is 1. The highest BCUT2D eigenvalue weighted by molar-refractivity contribution is 7.89. The molecule has 0 saturated carbocycles. The van der Waals surface area contributed by atoms with Gasteiger partial charge in [-0.3, -0.25) is 0 Å². The molecule has 0 aromatic heterocycles. The molecule has 0 aliphatic carbocycles. The molecule has 0 radical (unpaired) electrons. The molecular formula is C28H37F2N3O6S. The fourth-order valence-corrected chi connectivity index (χ4v) is 5.63. The van der Waals surface area contributed by atoms with E-state index in [2.05, 4.69) is 10.6 Å². The van der Waals surface area contributed by atoms with Crippen molar-refractivity contribution < 1.29 is 36.2 Å². The van der Waals surface area contributed by atoms with Crippen molar-refractivity contribution in [2.75, 3.05) is 52.6 Å². The summed E-state index contributed by atoms with van der Waals surface area (Å²) in [6.45, 7) is 8.15. The summed E-state index contributed by atoms with van der Waals surface area (Å²) < 4.78 is 71.6. The van der Waals surface area contributed by atoms with Crippen molar-refractivity contribution in [1.82, 2.24) is 14.9 Å². The third-order valence-electron chi connectivity index (χ3n) is 5.80. The van der Waals surface area contributed by atoms with Gasteiger partial charge in [-0.25, -0.2) is 22.0 Å². The second-order valence-corrected chi connectivity index (χ2v) is 12.0. The predicted octanol–water partition coefficient (Wildman–Crippen LogP) is 3.78. The molecule has 9 nitrogen and oxygen atoms in total. The SMILES string of the molecule is CC(C)(C)OC(=O)NCCOCCOCCNCC1=CCN(S(=O)(=O)c2cccc(F)c2)C1c1ccc(F)cc1. The summed E-state index contributed by atoms with van der Waals surface area (Å²) in [5, 5.41) is 5.86. The number of hydrogen-bond acceptors (Lipinski definition) is 7. The molecule has 1 aliphatic rings. The average molecular weight is 582 g/mol. The van der Waals surface area contributed by atoms with Gasteiger partial charge in [-0.05, 0) is 62.2 Å². The van der Waals surface area contributed by atoms with Gasteiger partial charge in [-0.15, -0.1) is 0 Å². The van der Waals surface area contributed by atoms with Gasteiger partial charge < -0.3 is 24.8 Å². The maximum Gasteiger partial charge on any atom is 0.407 e. The Balaban J connectivity index is 1.43. The topological polar surface area (TPSA) is 106 Å². The molecule has 2 aromatic rings. The van der Waals surface area contributed by atoms with Crippen LogP contribution >= 0.6 is 0 Å². The van der Waals surface area contributed by atoms with Crippen LogP contribution in [0.5, 0.6) is 0 Å². The van der Waals surface area contributed by atoms with E-state index in [0.29, 0.717) is 51.6 Å². The highest BCUT2D eigenvalue weighted by Gasteiger charge is 2.37. The fraction of sp³-hybridized carbons (Fsp3) is 0.464. The molecule has 3 rings (SSSR count). The summed E-state index contributed by atoms with van der Waals surface area (Å²) in [5.41, 5.74) is 0.858. The monoisotopic (exact) mass is 581 g/mol. The van der Waals surface area contributed by atoms with Gasteiger partial charge >= 0.3 is 6.09 Å². The van der Waals surface area contributed by atoms with Gasteiger partial charge in [0.05, 0.1) is 37.4 Å². The van der Waals surface area contributed by atoms with Crippen LogP contribution in [0.3, 0.4) is 0 Å². The molecule has 0 spiro atoms. The Bertz CT molecular complexity index is 1250. The van der Waals surface area contributed by atoms with E-state index in [-0.39, 0.29) is 11.4 Å². The van der Waals surface area contributed by atoms with Crippen LogP contribution in [0.25, 0.3) is 0 Å². The van der Waals surface area contributed by atoms with Crippen molar-refractivity contribution in [2.45, 2.75) is 37.3 Å². The summed E-state index contributed by atoms with van der Waals surface area (Å²) in [6.07, 6.45) is 1.32. The lowest BCUT2D eigenvalue weighted by Crippen LogP contribution is -2.34. The molecule has 2 N–H and O–H groups in total. The molecular weight excluding hydrogens is 544 g/mol. The van der Waals surface area contributed by atoms with Gasteiger partial charge in [0.15, 0.2) is 0 Å². The first-order valence-electron chi connectivity index (χ1n) is 13.0. The Hall–Kier alpha value is -2.90. The van der Waals surface area contributed by atoms with E-state index in [0.717, 1.165) is 11.6 Å². The Kier molecular flexibility index (Phi) is 11.6. The first-order chi connectivity index (χ1) is 19.0.